The van der Waals surface area contributed by atoms with E-state index >= 15 is 0 Å². The highest BCUT2D eigenvalue weighted by molar-refractivity contribution is 7.90. The van der Waals surface area contributed by atoms with E-state index in [1.54, 1.807) is 20.8 Å². The van der Waals surface area contributed by atoms with Crippen molar-refractivity contribution in [3.8, 4) is 0 Å². The van der Waals surface area contributed by atoms with Crippen LogP contribution in [-0.2, 0) is 17.5 Å². The average molecular weight is 338 g/mol. The topological polar surface area (TPSA) is 78.2 Å². The molecule has 0 spiro atoms. The molecule has 0 aliphatic heterocycles. The third-order valence-electron chi connectivity index (χ3n) is 2.82. The van der Waals surface area contributed by atoms with Gasteiger partial charge in [0.1, 0.15) is 4.75 Å². The second kappa shape index (κ2) is 6.43. The first kappa shape index (κ1) is 18.7. The van der Waals surface area contributed by atoms with Gasteiger partial charge in [0.15, 0.2) is 0 Å². The van der Waals surface area contributed by atoms with Crippen LogP contribution in [0.5, 0.6) is 0 Å². The molecule has 0 radical (unpaired) electrons. The predicted molar refractivity (Wildman–Crippen MR) is 77.5 cm³/mol. The van der Waals surface area contributed by atoms with Gasteiger partial charge in [-0.1, -0.05) is 0 Å². The number of nitrogens with one attached hydrogen (secondary N) is 1. The van der Waals surface area contributed by atoms with Gasteiger partial charge in [0.05, 0.1) is 16.5 Å². The number of alkyl halides is 3. The molecule has 124 valence electrons. The molecule has 22 heavy (non-hydrogen) atoms. The maximum atomic E-state index is 12.8. The Hall–Kier alpha value is -1.32. The smallest absolute Gasteiger partial charge is 0.416 e. The second-order valence-electron chi connectivity index (χ2n) is 5.79. The van der Waals surface area contributed by atoms with E-state index in [2.05, 4.69) is 4.72 Å². The number of hydrogen-bond acceptors (Lipinski definition) is 4. The maximum Gasteiger partial charge on any atom is 0.416 e. The summed E-state index contributed by atoms with van der Waals surface area (Å²) < 4.78 is 52.5. The third kappa shape index (κ3) is 4.85. The summed E-state index contributed by atoms with van der Waals surface area (Å²) in [5.41, 5.74) is -1.70. The van der Waals surface area contributed by atoms with Gasteiger partial charge in [0, 0.05) is 23.5 Å². The Morgan fingerprint density at radius 3 is 2.18 bits per heavy atom. The first-order chi connectivity index (χ1) is 9.82. The zero-order valence-electron chi connectivity index (χ0n) is 12.5. The van der Waals surface area contributed by atoms with Gasteiger partial charge in [-0.25, -0.2) is 0 Å². The molecule has 1 rings (SSSR count). The first-order valence-electron chi connectivity index (χ1n) is 6.37. The summed E-state index contributed by atoms with van der Waals surface area (Å²) in [5.74, 6) is 0. The number of nitro groups is 1. The van der Waals surface area contributed by atoms with Crippen molar-refractivity contribution in [3.05, 3.63) is 39.4 Å². The number of nitrogens with zero attached hydrogens (tertiary/aromatic N) is 1. The van der Waals surface area contributed by atoms with E-state index in [0.717, 1.165) is 12.1 Å². The number of nitro benzene ring substituents is 1. The molecule has 2 atom stereocenters. The van der Waals surface area contributed by atoms with Crippen LogP contribution in [0.3, 0.4) is 0 Å². The number of rotatable bonds is 4. The van der Waals surface area contributed by atoms with Gasteiger partial charge < -0.3 is 4.55 Å². The van der Waals surface area contributed by atoms with Crippen molar-refractivity contribution in [2.45, 2.75) is 44.7 Å². The van der Waals surface area contributed by atoms with Crippen molar-refractivity contribution in [2.75, 3.05) is 0 Å². The average Bonchev–Trinajstić information content (AvgIpc) is 2.35. The normalized spacial score (nSPS) is 15.5. The Balaban J connectivity index is 3.18. The Morgan fingerprint density at radius 2 is 1.77 bits per heavy atom. The summed E-state index contributed by atoms with van der Waals surface area (Å²) in [6.07, 6.45) is -4.69. The van der Waals surface area contributed by atoms with Gasteiger partial charge in [-0.2, -0.15) is 13.2 Å². The standard InChI is InChI=1S/C13H17F3N2O3S/c1-8(17-22(21)12(2,3)4)9-5-10(13(14,15)16)7-11(6-9)18(19)20/h5-8,17H,1-4H3/t8-,22-/m1/s1. The van der Waals surface area contributed by atoms with Gasteiger partial charge in [-0.15, -0.1) is 4.72 Å². The van der Waals surface area contributed by atoms with E-state index in [4.69, 9.17) is 0 Å². The Bertz CT molecular complexity index is 558. The third-order valence-corrected chi connectivity index (χ3v) is 4.50. The minimum absolute atomic E-state index is 0.0547. The highest BCUT2D eigenvalue weighted by Crippen LogP contribution is 2.34. The van der Waals surface area contributed by atoms with Crippen LogP contribution >= 0.6 is 0 Å². The zero-order valence-corrected chi connectivity index (χ0v) is 13.3. The molecule has 1 aromatic carbocycles. The summed E-state index contributed by atoms with van der Waals surface area (Å²) in [4.78, 5) is 9.91. The van der Waals surface area contributed by atoms with E-state index in [9.17, 15) is 27.8 Å². The maximum absolute atomic E-state index is 12.8. The molecule has 0 unspecified atom stereocenters. The van der Waals surface area contributed by atoms with Gasteiger partial charge >= 0.3 is 6.18 Å². The van der Waals surface area contributed by atoms with Crippen LogP contribution in [0.1, 0.15) is 44.9 Å². The number of non-ortho nitro benzene ring substituents is 1. The molecular formula is C13H17F3N2O3S. The molecule has 5 nitrogen and oxygen atoms in total. The molecular weight excluding hydrogens is 321 g/mol. The molecule has 0 fully saturated rings. The molecule has 1 aromatic rings. The van der Waals surface area contributed by atoms with E-state index < -0.39 is 44.5 Å². The van der Waals surface area contributed by atoms with E-state index in [0.29, 0.717) is 6.07 Å². The monoisotopic (exact) mass is 338 g/mol. The molecule has 0 aromatic heterocycles. The van der Waals surface area contributed by atoms with E-state index in [-0.39, 0.29) is 5.56 Å². The predicted octanol–water partition coefficient (Wildman–Crippen LogP) is 3.73. The molecule has 9 heteroatoms. The molecule has 0 heterocycles. The molecule has 0 aliphatic rings. The number of halogens is 3. The van der Waals surface area contributed by atoms with Crippen molar-refractivity contribution >= 4 is 17.0 Å². The largest absolute Gasteiger partial charge is 0.598 e. The van der Waals surface area contributed by atoms with Crippen LogP contribution in [0.4, 0.5) is 18.9 Å². The van der Waals surface area contributed by atoms with Gasteiger partial charge in [0.2, 0.25) is 0 Å². The molecule has 0 aliphatic carbocycles. The fraction of sp³-hybridized carbons (Fsp3) is 0.538. The number of benzene rings is 1. The SMILES string of the molecule is C[C@@H](N[S@+]([O-])C(C)(C)C)c1cc([N+](=O)[O-])cc(C(F)(F)F)c1. The summed E-state index contributed by atoms with van der Waals surface area (Å²) in [6, 6.07) is 1.62. The van der Waals surface area contributed by atoms with Crippen molar-refractivity contribution in [1.29, 1.82) is 0 Å². The molecule has 0 saturated heterocycles. The fourth-order valence-electron chi connectivity index (χ4n) is 1.56. The van der Waals surface area contributed by atoms with Crippen LogP contribution in [0.2, 0.25) is 0 Å². The quantitative estimate of drug-likeness (QED) is 0.515. The lowest BCUT2D eigenvalue weighted by molar-refractivity contribution is -0.385. The lowest BCUT2D eigenvalue weighted by atomic mass is 10.0. The lowest BCUT2D eigenvalue weighted by Crippen LogP contribution is -2.40. The minimum Gasteiger partial charge on any atom is -0.598 e. The number of hydrogen-bond donors (Lipinski definition) is 1. The van der Waals surface area contributed by atoms with Crippen LogP contribution < -0.4 is 4.72 Å². The van der Waals surface area contributed by atoms with Gasteiger partial charge in [-0.05, 0) is 39.3 Å². The summed E-state index contributed by atoms with van der Waals surface area (Å²) in [7, 11) is 0. The minimum atomic E-state index is -4.69. The summed E-state index contributed by atoms with van der Waals surface area (Å²) in [6.45, 7) is 6.62. The van der Waals surface area contributed by atoms with Crippen LogP contribution in [0.25, 0.3) is 0 Å². The molecule has 0 amide bonds. The molecule has 0 saturated carbocycles. The fourth-order valence-corrected chi connectivity index (χ4v) is 2.37. The Kier molecular flexibility index (Phi) is 5.47. The van der Waals surface area contributed by atoms with Crippen molar-refractivity contribution in [3.63, 3.8) is 0 Å². The highest BCUT2D eigenvalue weighted by Gasteiger charge is 2.34. The van der Waals surface area contributed by atoms with Crippen LogP contribution in [0, 0.1) is 10.1 Å². The van der Waals surface area contributed by atoms with Crippen molar-refractivity contribution in [2.24, 2.45) is 0 Å². The Labute approximate surface area is 129 Å². The first-order valence-corrected chi connectivity index (χ1v) is 7.52. The Morgan fingerprint density at radius 1 is 1.23 bits per heavy atom. The molecule has 1 N–H and O–H groups in total. The second-order valence-corrected chi connectivity index (χ2v) is 7.79. The molecule has 0 bridgehead atoms. The van der Waals surface area contributed by atoms with Gasteiger partial charge in [0.25, 0.3) is 5.69 Å². The van der Waals surface area contributed by atoms with E-state index in [1.807, 2.05) is 0 Å². The van der Waals surface area contributed by atoms with Crippen LogP contribution in [-0.4, -0.2) is 14.2 Å². The van der Waals surface area contributed by atoms with Crippen molar-refractivity contribution in [1.82, 2.24) is 4.72 Å². The summed E-state index contributed by atoms with van der Waals surface area (Å²) in [5, 5.41) is 10.8. The van der Waals surface area contributed by atoms with E-state index in [1.165, 1.54) is 6.92 Å². The van der Waals surface area contributed by atoms with Crippen molar-refractivity contribution < 1.29 is 22.6 Å². The van der Waals surface area contributed by atoms with Crippen LogP contribution in [0.15, 0.2) is 18.2 Å². The van der Waals surface area contributed by atoms with Gasteiger partial charge in [-0.3, -0.25) is 10.1 Å². The summed E-state index contributed by atoms with van der Waals surface area (Å²) >= 11 is -1.51. The zero-order chi connectivity index (χ0) is 17.3. The lowest BCUT2D eigenvalue weighted by Gasteiger charge is -2.26. The highest BCUT2D eigenvalue weighted by atomic mass is 32.2.